The molecule has 2 N–H and O–H groups in total. The third-order valence-corrected chi connectivity index (χ3v) is 3.69. The van der Waals surface area contributed by atoms with Crippen molar-refractivity contribution >= 4 is 0 Å². The first-order valence-corrected chi connectivity index (χ1v) is 6.31. The molecule has 1 aromatic carbocycles. The first-order valence-electron chi connectivity index (χ1n) is 6.31. The van der Waals surface area contributed by atoms with E-state index in [1.165, 1.54) is 5.56 Å². The molecule has 2 unspecified atom stereocenters. The second kappa shape index (κ2) is 6.15. The number of piperidine rings is 1. The zero-order valence-electron chi connectivity index (χ0n) is 10.1. The third-order valence-electron chi connectivity index (χ3n) is 3.69. The topological polar surface area (TPSA) is 43.7 Å². The minimum absolute atomic E-state index is 0.177. The van der Waals surface area contributed by atoms with Crippen molar-refractivity contribution in [2.24, 2.45) is 11.8 Å². The van der Waals surface area contributed by atoms with E-state index in [0.717, 1.165) is 26.1 Å². The Hall–Kier alpha value is -0.900. The monoisotopic (exact) mass is 235 g/mol. The third kappa shape index (κ3) is 3.28. The van der Waals surface area contributed by atoms with Crippen LogP contribution < -0.4 is 0 Å². The maximum absolute atomic E-state index is 9.34. The van der Waals surface area contributed by atoms with Crippen LogP contribution in [0.1, 0.15) is 12.0 Å². The standard InChI is InChI=1S/C14H21NO2/c16-10-13-6-7-15(9-14(13)11-17)8-12-4-2-1-3-5-12/h1-5,13-14,16-17H,6-11H2. The fourth-order valence-corrected chi connectivity index (χ4v) is 2.59. The van der Waals surface area contributed by atoms with Crippen LogP contribution in [0.4, 0.5) is 0 Å². The van der Waals surface area contributed by atoms with E-state index in [4.69, 9.17) is 0 Å². The van der Waals surface area contributed by atoms with E-state index < -0.39 is 0 Å². The lowest BCUT2D eigenvalue weighted by Crippen LogP contribution is -2.42. The average molecular weight is 235 g/mol. The quantitative estimate of drug-likeness (QED) is 0.821. The molecule has 2 atom stereocenters. The summed E-state index contributed by atoms with van der Waals surface area (Å²) in [6.45, 7) is 3.21. The first kappa shape index (κ1) is 12.6. The molecule has 3 nitrogen and oxygen atoms in total. The van der Waals surface area contributed by atoms with Crippen molar-refractivity contribution < 1.29 is 10.2 Å². The number of aliphatic hydroxyl groups excluding tert-OH is 2. The number of likely N-dealkylation sites (tertiary alicyclic amines) is 1. The summed E-state index contributed by atoms with van der Waals surface area (Å²) < 4.78 is 0. The van der Waals surface area contributed by atoms with Crippen LogP contribution in [0.25, 0.3) is 0 Å². The van der Waals surface area contributed by atoms with Gasteiger partial charge in [0.25, 0.3) is 0 Å². The molecule has 0 aromatic heterocycles. The van der Waals surface area contributed by atoms with Gasteiger partial charge in [-0.15, -0.1) is 0 Å². The van der Waals surface area contributed by atoms with E-state index in [2.05, 4.69) is 29.2 Å². The molecular weight excluding hydrogens is 214 g/mol. The molecule has 0 amide bonds. The normalized spacial score (nSPS) is 26.0. The van der Waals surface area contributed by atoms with E-state index in [1.54, 1.807) is 0 Å². The van der Waals surface area contributed by atoms with E-state index in [1.807, 2.05) is 6.07 Å². The molecule has 1 heterocycles. The van der Waals surface area contributed by atoms with Crippen LogP contribution in [0.2, 0.25) is 0 Å². The summed E-state index contributed by atoms with van der Waals surface area (Å²) in [4.78, 5) is 2.36. The first-order chi connectivity index (χ1) is 8.33. The molecular formula is C14H21NO2. The Morgan fingerprint density at radius 1 is 1.06 bits per heavy atom. The van der Waals surface area contributed by atoms with Crippen LogP contribution in [-0.4, -0.2) is 41.4 Å². The van der Waals surface area contributed by atoms with Crippen LogP contribution in [0.5, 0.6) is 0 Å². The molecule has 1 aromatic rings. The Labute approximate surface area is 103 Å². The maximum Gasteiger partial charge on any atom is 0.0475 e. The van der Waals surface area contributed by atoms with Crippen molar-refractivity contribution in [3.05, 3.63) is 35.9 Å². The number of hydrogen-bond donors (Lipinski definition) is 2. The number of hydrogen-bond acceptors (Lipinski definition) is 3. The molecule has 17 heavy (non-hydrogen) atoms. The fraction of sp³-hybridized carbons (Fsp3) is 0.571. The predicted octanol–water partition coefficient (Wildman–Crippen LogP) is 1.11. The second-order valence-electron chi connectivity index (χ2n) is 4.89. The number of aliphatic hydroxyl groups is 2. The Morgan fingerprint density at radius 2 is 1.76 bits per heavy atom. The molecule has 2 rings (SSSR count). The number of rotatable bonds is 4. The van der Waals surface area contributed by atoms with E-state index >= 15 is 0 Å². The molecule has 0 spiro atoms. The summed E-state index contributed by atoms with van der Waals surface area (Å²) in [5.41, 5.74) is 1.31. The summed E-state index contributed by atoms with van der Waals surface area (Å²) in [5.74, 6) is 0.490. The largest absolute Gasteiger partial charge is 0.396 e. The maximum atomic E-state index is 9.34. The average Bonchev–Trinajstić information content (AvgIpc) is 2.40. The molecule has 0 aliphatic carbocycles. The lowest BCUT2D eigenvalue weighted by molar-refractivity contribution is 0.0385. The van der Waals surface area contributed by atoms with Crippen LogP contribution >= 0.6 is 0 Å². The van der Waals surface area contributed by atoms with Crippen LogP contribution in [0, 0.1) is 11.8 Å². The molecule has 0 saturated carbocycles. The van der Waals surface area contributed by atoms with Crippen molar-refractivity contribution in [1.29, 1.82) is 0 Å². The highest BCUT2D eigenvalue weighted by molar-refractivity contribution is 5.14. The van der Waals surface area contributed by atoms with Crippen LogP contribution in [-0.2, 0) is 6.54 Å². The van der Waals surface area contributed by atoms with Gasteiger partial charge >= 0.3 is 0 Å². The van der Waals surface area contributed by atoms with Crippen LogP contribution in [0.3, 0.4) is 0 Å². The van der Waals surface area contributed by atoms with Gasteiger partial charge in [0.1, 0.15) is 0 Å². The van der Waals surface area contributed by atoms with E-state index in [9.17, 15) is 10.2 Å². The van der Waals surface area contributed by atoms with Crippen molar-refractivity contribution in [2.75, 3.05) is 26.3 Å². The Kier molecular flexibility index (Phi) is 4.54. The molecule has 94 valence electrons. The highest BCUT2D eigenvalue weighted by Crippen LogP contribution is 2.24. The smallest absolute Gasteiger partial charge is 0.0475 e. The van der Waals surface area contributed by atoms with Gasteiger partial charge in [0, 0.05) is 26.3 Å². The van der Waals surface area contributed by atoms with Gasteiger partial charge in [-0.05, 0) is 30.4 Å². The SMILES string of the molecule is OCC1CCN(Cc2ccccc2)CC1CO. The molecule has 1 aliphatic rings. The van der Waals surface area contributed by atoms with Gasteiger partial charge in [0.2, 0.25) is 0 Å². The van der Waals surface area contributed by atoms with Crippen molar-refractivity contribution in [2.45, 2.75) is 13.0 Å². The fourth-order valence-electron chi connectivity index (χ4n) is 2.59. The minimum Gasteiger partial charge on any atom is -0.396 e. The molecule has 0 bridgehead atoms. The highest BCUT2D eigenvalue weighted by Gasteiger charge is 2.27. The van der Waals surface area contributed by atoms with Gasteiger partial charge in [-0.1, -0.05) is 30.3 Å². The predicted molar refractivity (Wildman–Crippen MR) is 67.5 cm³/mol. The van der Waals surface area contributed by atoms with Gasteiger partial charge in [-0.2, -0.15) is 0 Å². The minimum atomic E-state index is 0.177. The van der Waals surface area contributed by atoms with Gasteiger partial charge in [0.05, 0.1) is 0 Å². The number of nitrogens with zero attached hydrogens (tertiary/aromatic N) is 1. The summed E-state index contributed by atoms with van der Waals surface area (Å²) in [5, 5.41) is 18.6. The van der Waals surface area contributed by atoms with E-state index in [-0.39, 0.29) is 25.0 Å². The van der Waals surface area contributed by atoms with Gasteiger partial charge in [0.15, 0.2) is 0 Å². The van der Waals surface area contributed by atoms with Gasteiger partial charge in [-0.3, -0.25) is 4.90 Å². The van der Waals surface area contributed by atoms with Gasteiger partial charge < -0.3 is 10.2 Å². The van der Waals surface area contributed by atoms with Crippen molar-refractivity contribution in [1.82, 2.24) is 4.90 Å². The highest BCUT2D eigenvalue weighted by atomic mass is 16.3. The summed E-state index contributed by atoms with van der Waals surface area (Å²) >= 11 is 0. The lowest BCUT2D eigenvalue weighted by atomic mass is 9.86. The zero-order valence-corrected chi connectivity index (χ0v) is 10.1. The van der Waals surface area contributed by atoms with E-state index in [0.29, 0.717) is 0 Å². The number of benzene rings is 1. The van der Waals surface area contributed by atoms with Gasteiger partial charge in [-0.25, -0.2) is 0 Å². The van der Waals surface area contributed by atoms with Crippen molar-refractivity contribution in [3.63, 3.8) is 0 Å². The Balaban J connectivity index is 1.91. The molecule has 1 aliphatic heterocycles. The summed E-state index contributed by atoms with van der Waals surface area (Å²) in [6.07, 6.45) is 0.981. The Bertz CT molecular complexity index is 328. The van der Waals surface area contributed by atoms with Crippen LogP contribution in [0.15, 0.2) is 30.3 Å². The molecule has 1 saturated heterocycles. The summed E-state index contributed by atoms with van der Waals surface area (Å²) in [7, 11) is 0. The second-order valence-corrected chi connectivity index (χ2v) is 4.89. The zero-order chi connectivity index (χ0) is 12.1. The molecule has 3 heteroatoms. The molecule has 1 fully saturated rings. The lowest BCUT2D eigenvalue weighted by Gasteiger charge is -2.37. The molecule has 0 radical (unpaired) electrons. The Morgan fingerprint density at radius 3 is 2.41 bits per heavy atom. The van der Waals surface area contributed by atoms with Crippen molar-refractivity contribution in [3.8, 4) is 0 Å². The summed E-state index contributed by atoms with van der Waals surface area (Å²) in [6, 6.07) is 10.4.